The number of fused-ring (bicyclic) bond motifs is 1. The highest BCUT2D eigenvalue weighted by atomic mass is 14.2. The molecule has 0 N–H and O–H groups in total. The molecule has 0 bridgehead atoms. The maximum Gasteiger partial charge on any atom is 0.241 e. The van der Waals surface area contributed by atoms with Gasteiger partial charge in [0.25, 0.3) is 0 Å². The SMILES string of the molecule is C=C/C=C(\C=C)B(C1=C2C=CC=CC2CC=C1)c1ccc(-c2ccc(-c3ccc(C(C)C4=CCCC=C4)cc3)cc2)cc1. The fraction of sp³-hybridized carbons (Fsp3) is 0.143. The summed E-state index contributed by atoms with van der Waals surface area (Å²) >= 11 is 0. The van der Waals surface area contributed by atoms with Crippen LogP contribution in [0.5, 0.6) is 0 Å². The molecule has 0 spiro atoms. The fourth-order valence-corrected chi connectivity index (χ4v) is 6.61. The van der Waals surface area contributed by atoms with Gasteiger partial charge >= 0.3 is 0 Å². The standard InChI is InChI=1S/C42H39B/c1-4-12-39(5-2)43(42-18-11-16-38-15-9-10-17-41(38)42)40-29-27-37(28-30-40)36-25-23-35(24-26-36)34-21-19-33(20-22-34)31(3)32-13-7-6-8-14-32/h4-5,7,9-15,17-31,38H,1-2,6,8,16H2,3H3/b39-12+. The van der Waals surface area contributed by atoms with Gasteiger partial charge in [-0.3, -0.25) is 0 Å². The minimum atomic E-state index is 0.105. The van der Waals surface area contributed by atoms with Crippen molar-refractivity contribution in [2.24, 2.45) is 5.92 Å². The first kappa shape index (κ1) is 28.5. The molecule has 1 heteroatoms. The van der Waals surface area contributed by atoms with Gasteiger partial charge in [-0.1, -0.05) is 182 Å². The van der Waals surface area contributed by atoms with Gasteiger partial charge in [-0.15, -0.1) is 0 Å². The fourth-order valence-electron chi connectivity index (χ4n) is 6.61. The molecular weight excluding hydrogens is 515 g/mol. The van der Waals surface area contributed by atoms with E-state index in [1.165, 1.54) is 49.9 Å². The van der Waals surface area contributed by atoms with Gasteiger partial charge in [0.2, 0.25) is 6.71 Å². The molecule has 3 aliphatic carbocycles. The van der Waals surface area contributed by atoms with E-state index in [0.717, 1.165) is 24.7 Å². The first-order chi connectivity index (χ1) is 21.2. The highest BCUT2D eigenvalue weighted by molar-refractivity contribution is 6.87. The van der Waals surface area contributed by atoms with Gasteiger partial charge in [0.05, 0.1) is 0 Å². The molecule has 0 amide bonds. The Kier molecular flexibility index (Phi) is 8.71. The van der Waals surface area contributed by atoms with E-state index in [1.807, 2.05) is 12.2 Å². The van der Waals surface area contributed by atoms with Crippen LogP contribution in [0.1, 0.15) is 37.7 Å². The summed E-state index contributed by atoms with van der Waals surface area (Å²) in [7, 11) is 0. The summed E-state index contributed by atoms with van der Waals surface area (Å²) < 4.78 is 0. The van der Waals surface area contributed by atoms with Gasteiger partial charge in [-0.05, 0) is 58.2 Å². The quantitative estimate of drug-likeness (QED) is 0.182. The van der Waals surface area contributed by atoms with Crippen molar-refractivity contribution in [1.82, 2.24) is 0 Å². The molecule has 3 aliphatic rings. The highest BCUT2D eigenvalue weighted by Crippen LogP contribution is 2.34. The number of hydrogen-bond acceptors (Lipinski definition) is 0. The van der Waals surface area contributed by atoms with Crippen LogP contribution in [0.15, 0.2) is 181 Å². The molecule has 2 atom stereocenters. The molecule has 2 unspecified atom stereocenters. The van der Waals surface area contributed by atoms with Crippen LogP contribution in [0.4, 0.5) is 0 Å². The molecule has 3 aromatic rings. The van der Waals surface area contributed by atoms with Crippen molar-refractivity contribution in [2.45, 2.75) is 32.1 Å². The molecule has 0 radical (unpaired) electrons. The van der Waals surface area contributed by atoms with Gasteiger partial charge in [0.1, 0.15) is 0 Å². The third-order valence-corrected chi connectivity index (χ3v) is 9.07. The predicted molar refractivity (Wildman–Crippen MR) is 189 cm³/mol. The lowest BCUT2D eigenvalue weighted by Gasteiger charge is -2.27. The van der Waals surface area contributed by atoms with Crippen LogP contribution in [0.2, 0.25) is 0 Å². The summed E-state index contributed by atoms with van der Waals surface area (Å²) in [5.74, 6) is 0.861. The summed E-state index contributed by atoms with van der Waals surface area (Å²) in [6.45, 7) is 10.5. The molecule has 0 aromatic heterocycles. The third kappa shape index (κ3) is 6.13. The number of rotatable bonds is 9. The second-order valence-corrected chi connectivity index (χ2v) is 11.7. The van der Waals surface area contributed by atoms with Gasteiger partial charge in [0.15, 0.2) is 0 Å². The second-order valence-electron chi connectivity index (χ2n) is 11.7. The average molecular weight is 555 g/mol. The lowest BCUT2D eigenvalue weighted by atomic mass is 9.34. The van der Waals surface area contributed by atoms with E-state index in [9.17, 15) is 0 Å². The van der Waals surface area contributed by atoms with Crippen molar-refractivity contribution in [2.75, 3.05) is 0 Å². The molecule has 0 saturated carbocycles. The van der Waals surface area contributed by atoms with Crippen molar-refractivity contribution in [3.8, 4) is 22.3 Å². The monoisotopic (exact) mass is 554 g/mol. The van der Waals surface area contributed by atoms with Crippen LogP contribution < -0.4 is 5.46 Å². The molecular formula is C42H39B. The van der Waals surface area contributed by atoms with E-state index in [1.54, 1.807) is 0 Å². The molecule has 3 aromatic carbocycles. The maximum absolute atomic E-state index is 4.16. The molecule has 210 valence electrons. The Morgan fingerprint density at radius 3 is 2.02 bits per heavy atom. The van der Waals surface area contributed by atoms with Crippen molar-refractivity contribution >= 4 is 12.2 Å². The van der Waals surface area contributed by atoms with Gasteiger partial charge in [-0.2, -0.15) is 0 Å². The van der Waals surface area contributed by atoms with Crippen LogP contribution in [0, 0.1) is 5.92 Å². The Balaban J connectivity index is 1.24. The molecule has 6 rings (SSSR count). The first-order valence-corrected chi connectivity index (χ1v) is 15.5. The van der Waals surface area contributed by atoms with Crippen LogP contribution >= 0.6 is 0 Å². The van der Waals surface area contributed by atoms with Crippen LogP contribution in [-0.4, -0.2) is 6.71 Å². The lowest BCUT2D eigenvalue weighted by molar-refractivity contribution is 0.776. The Hall–Kier alpha value is -4.62. The third-order valence-electron chi connectivity index (χ3n) is 9.07. The van der Waals surface area contributed by atoms with E-state index >= 15 is 0 Å². The van der Waals surface area contributed by atoms with Crippen LogP contribution in [0.3, 0.4) is 0 Å². The van der Waals surface area contributed by atoms with E-state index in [2.05, 4.69) is 154 Å². The zero-order valence-corrected chi connectivity index (χ0v) is 25.1. The maximum atomic E-state index is 4.16. The molecule has 0 nitrogen and oxygen atoms in total. The molecule has 0 fully saturated rings. The minimum Gasteiger partial charge on any atom is -0.0996 e. The summed E-state index contributed by atoms with van der Waals surface area (Å²) in [6, 6.07) is 27.1. The van der Waals surface area contributed by atoms with E-state index in [0.29, 0.717) is 11.8 Å². The molecule has 0 heterocycles. The Morgan fingerprint density at radius 1 is 0.767 bits per heavy atom. The summed E-state index contributed by atoms with van der Waals surface area (Å²) in [4.78, 5) is 0. The normalized spacial score (nSPS) is 18.2. The molecule has 0 aliphatic heterocycles. The van der Waals surface area contributed by atoms with E-state index < -0.39 is 0 Å². The summed E-state index contributed by atoms with van der Waals surface area (Å²) in [6.07, 6.45) is 29.8. The van der Waals surface area contributed by atoms with Crippen molar-refractivity contribution in [1.29, 1.82) is 0 Å². The smallest absolute Gasteiger partial charge is 0.0996 e. The minimum absolute atomic E-state index is 0.105. The Morgan fingerprint density at radius 2 is 1.42 bits per heavy atom. The topological polar surface area (TPSA) is 0 Å². The number of benzene rings is 3. The zero-order chi connectivity index (χ0) is 29.6. The second kappa shape index (κ2) is 13.1. The van der Waals surface area contributed by atoms with Gasteiger partial charge < -0.3 is 0 Å². The zero-order valence-electron chi connectivity index (χ0n) is 25.1. The summed E-state index contributed by atoms with van der Waals surface area (Å²) in [5, 5.41) is 0. The highest BCUT2D eigenvalue weighted by Gasteiger charge is 2.29. The van der Waals surface area contributed by atoms with Crippen LogP contribution in [-0.2, 0) is 0 Å². The van der Waals surface area contributed by atoms with Crippen molar-refractivity contribution in [3.05, 3.63) is 187 Å². The number of hydrogen-bond donors (Lipinski definition) is 0. The van der Waals surface area contributed by atoms with Gasteiger partial charge in [0, 0.05) is 11.8 Å². The Labute approximate surface area is 258 Å². The van der Waals surface area contributed by atoms with Crippen molar-refractivity contribution < 1.29 is 0 Å². The molecule has 0 saturated heterocycles. The predicted octanol–water partition coefficient (Wildman–Crippen LogP) is 10.5. The largest absolute Gasteiger partial charge is 0.241 e. The van der Waals surface area contributed by atoms with E-state index in [-0.39, 0.29) is 6.71 Å². The summed E-state index contributed by atoms with van der Waals surface area (Å²) in [5.41, 5.74) is 12.9. The van der Waals surface area contributed by atoms with Crippen LogP contribution in [0.25, 0.3) is 22.3 Å². The Bertz CT molecular complexity index is 1700. The average Bonchev–Trinajstić information content (AvgIpc) is 3.08. The lowest BCUT2D eigenvalue weighted by Crippen LogP contribution is -2.36. The van der Waals surface area contributed by atoms with Gasteiger partial charge in [-0.25, -0.2) is 0 Å². The van der Waals surface area contributed by atoms with Crippen molar-refractivity contribution in [3.63, 3.8) is 0 Å². The first-order valence-electron chi connectivity index (χ1n) is 15.5. The molecule has 43 heavy (non-hydrogen) atoms. The number of allylic oxidation sites excluding steroid dienone is 16. The van der Waals surface area contributed by atoms with E-state index in [4.69, 9.17) is 0 Å².